The molecule has 0 bridgehead atoms. The molecular weight excluding hydrogens is 220 g/mol. The van der Waals surface area contributed by atoms with Crippen LogP contribution in [-0.4, -0.2) is 35.6 Å². The number of carbonyl (C=O) groups is 2. The minimum absolute atomic E-state index is 0.00941. The lowest BCUT2D eigenvalue weighted by atomic mass is 9.93. The smallest absolute Gasteiger partial charge is 0.305 e. The molecule has 0 aliphatic carbocycles. The number of nitrogens with one attached hydrogen (secondary N) is 2. The Hall–Kier alpha value is -1.10. The van der Waals surface area contributed by atoms with Gasteiger partial charge in [0.2, 0.25) is 5.91 Å². The van der Waals surface area contributed by atoms with E-state index in [0.717, 1.165) is 19.4 Å². The van der Waals surface area contributed by atoms with Gasteiger partial charge in [0, 0.05) is 6.04 Å². The van der Waals surface area contributed by atoms with Gasteiger partial charge in [0.05, 0.1) is 12.5 Å². The average molecular weight is 242 g/mol. The van der Waals surface area contributed by atoms with E-state index in [1.807, 2.05) is 6.92 Å². The van der Waals surface area contributed by atoms with E-state index in [4.69, 9.17) is 5.11 Å². The van der Waals surface area contributed by atoms with Crippen molar-refractivity contribution in [2.45, 2.75) is 51.6 Å². The van der Waals surface area contributed by atoms with E-state index in [-0.39, 0.29) is 24.4 Å². The Kier molecular flexibility index (Phi) is 5.41. The van der Waals surface area contributed by atoms with Crippen LogP contribution in [0.15, 0.2) is 0 Å². The van der Waals surface area contributed by atoms with Crippen molar-refractivity contribution < 1.29 is 14.7 Å². The van der Waals surface area contributed by atoms with Crippen molar-refractivity contribution in [2.75, 3.05) is 6.54 Å². The number of rotatable bonds is 5. The highest BCUT2D eigenvalue weighted by atomic mass is 16.4. The predicted octanol–water partition coefficient (Wildman–Crippen LogP) is 0.744. The van der Waals surface area contributed by atoms with Gasteiger partial charge in [-0.2, -0.15) is 0 Å². The second-order valence-electron chi connectivity index (χ2n) is 4.85. The fourth-order valence-electron chi connectivity index (χ4n) is 2.12. The van der Waals surface area contributed by atoms with Gasteiger partial charge in [-0.25, -0.2) is 0 Å². The zero-order chi connectivity index (χ0) is 12.8. The molecule has 1 aliphatic heterocycles. The molecule has 1 saturated heterocycles. The Morgan fingerprint density at radius 3 is 2.76 bits per heavy atom. The van der Waals surface area contributed by atoms with Crippen molar-refractivity contribution in [3.8, 4) is 0 Å². The van der Waals surface area contributed by atoms with E-state index in [9.17, 15) is 9.59 Å². The van der Waals surface area contributed by atoms with E-state index in [1.165, 1.54) is 0 Å². The first-order valence-electron chi connectivity index (χ1n) is 6.28. The van der Waals surface area contributed by atoms with E-state index < -0.39 is 5.97 Å². The fraction of sp³-hybridized carbons (Fsp3) is 0.833. The number of hydrogen-bond acceptors (Lipinski definition) is 3. The Bertz CT molecular complexity index is 281. The van der Waals surface area contributed by atoms with E-state index in [0.29, 0.717) is 12.3 Å². The van der Waals surface area contributed by atoms with Crippen LogP contribution in [0.1, 0.15) is 39.5 Å². The van der Waals surface area contributed by atoms with Gasteiger partial charge in [0.15, 0.2) is 0 Å². The maximum absolute atomic E-state index is 11.9. The maximum Gasteiger partial charge on any atom is 0.305 e. The number of hydrogen-bond donors (Lipinski definition) is 3. The van der Waals surface area contributed by atoms with Crippen LogP contribution in [0.25, 0.3) is 0 Å². The van der Waals surface area contributed by atoms with Crippen molar-refractivity contribution in [3.63, 3.8) is 0 Å². The van der Waals surface area contributed by atoms with Crippen molar-refractivity contribution in [2.24, 2.45) is 5.92 Å². The molecule has 5 nitrogen and oxygen atoms in total. The molecule has 98 valence electrons. The third-order valence-electron chi connectivity index (χ3n) is 3.24. The number of aliphatic carboxylic acids is 1. The Morgan fingerprint density at radius 2 is 2.24 bits per heavy atom. The molecular formula is C12H22N2O3. The molecule has 0 spiro atoms. The molecule has 1 heterocycles. The molecule has 0 aromatic heterocycles. The van der Waals surface area contributed by atoms with Crippen LogP contribution in [0.4, 0.5) is 0 Å². The largest absolute Gasteiger partial charge is 0.481 e. The predicted molar refractivity (Wildman–Crippen MR) is 64.7 cm³/mol. The summed E-state index contributed by atoms with van der Waals surface area (Å²) >= 11 is 0. The lowest BCUT2D eigenvalue weighted by molar-refractivity contribution is -0.137. The van der Waals surface area contributed by atoms with Gasteiger partial charge in [-0.05, 0) is 31.7 Å². The molecule has 1 fully saturated rings. The number of carboxylic acid groups (broad SMARTS) is 1. The minimum Gasteiger partial charge on any atom is -0.481 e. The molecule has 0 saturated carbocycles. The average Bonchev–Trinajstić information content (AvgIpc) is 2.27. The summed E-state index contributed by atoms with van der Waals surface area (Å²) in [6.07, 6.45) is 2.55. The van der Waals surface area contributed by atoms with Gasteiger partial charge >= 0.3 is 5.97 Å². The molecule has 1 amide bonds. The summed E-state index contributed by atoms with van der Waals surface area (Å²) in [6.45, 7) is 4.87. The van der Waals surface area contributed by atoms with Gasteiger partial charge in [0.25, 0.3) is 0 Å². The Balaban J connectivity index is 2.43. The van der Waals surface area contributed by atoms with Gasteiger partial charge in [-0.15, -0.1) is 0 Å². The molecule has 5 heteroatoms. The summed E-state index contributed by atoms with van der Waals surface area (Å²) in [5.74, 6) is -0.390. The van der Waals surface area contributed by atoms with Crippen molar-refractivity contribution in [3.05, 3.63) is 0 Å². The maximum atomic E-state index is 11.9. The highest BCUT2D eigenvalue weighted by Gasteiger charge is 2.26. The van der Waals surface area contributed by atoms with Crippen LogP contribution < -0.4 is 10.6 Å². The minimum atomic E-state index is -0.873. The van der Waals surface area contributed by atoms with Gasteiger partial charge in [-0.3, -0.25) is 9.59 Å². The van der Waals surface area contributed by atoms with Gasteiger partial charge in [-0.1, -0.05) is 13.8 Å². The summed E-state index contributed by atoms with van der Waals surface area (Å²) in [7, 11) is 0. The van der Waals surface area contributed by atoms with Gasteiger partial charge in [0.1, 0.15) is 0 Å². The number of carbonyl (C=O) groups excluding carboxylic acids is 1. The number of piperidine rings is 1. The van der Waals surface area contributed by atoms with Crippen molar-refractivity contribution in [1.82, 2.24) is 10.6 Å². The third-order valence-corrected chi connectivity index (χ3v) is 3.24. The summed E-state index contributed by atoms with van der Waals surface area (Å²) in [4.78, 5) is 22.5. The quantitative estimate of drug-likeness (QED) is 0.664. The third kappa shape index (κ3) is 4.73. The highest BCUT2D eigenvalue weighted by Crippen LogP contribution is 2.15. The first kappa shape index (κ1) is 14.0. The second-order valence-corrected chi connectivity index (χ2v) is 4.85. The topological polar surface area (TPSA) is 78.4 Å². The monoisotopic (exact) mass is 242 g/mol. The molecule has 0 aromatic carbocycles. The van der Waals surface area contributed by atoms with E-state index in [1.54, 1.807) is 0 Å². The first-order chi connectivity index (χ1) is 8.02. The summed E-state index contributed by atoms with van der Waals surface area (Å²) in [5.41, 5.74) is 0. The van der Waals surface area contributed by atoms with Crippen LogP contribution in [0.2, 0.25) is 0 Å². The summed E-state index contributed by atoms with van der Waals surface area (Å²) in [5, 5.41) is 14.7. The first-order valence-corrected chi connectivity index (χ1v) is 6.28. The fourth-order valence-corrected chi connectivity index (χ4v) is 2.12. The molecule has 1 aliphatic rings. The molecule has 1 rings (SSSR count). The highest BCUT2D eigenvalue weighted by molar-refractivity contribution is 5.82. The molecule has 0 radical (unpaired) electrons. The molecule has 3 unspecified atom stereocenters. The SMILES string of the molecule is CCC(CC(=O)O)NC(=O)C1CC(C)CCN1. The molecule has 3 N–H and O–H groups in total. The standard InChI is InChI=1S/C12H22N2O3/c1-3-9(7-11(15)16)14-12(17)10-6-8(2)4-5-13-10/h8-10,13H,3-7H2,1-2H3,(H,14,17)(H,15,16). The molecule has 0 aromatic rings. The summed E-state index contributed by atoms with van der Waals surface area (Å²) < 4.78 is 0. The lowest BCUT2D eigenvalue weighted by Crippen LogP contribution is -2.51. The number of carboxylic acids is 1. The Labute approximate surface area is 102 Å². The van der Waals surface area contributed by atoms with Crippen LogP contribution in [0.3, 0.4) is 0 Å². The van der Waals surface area contributed by atoms with Crippen LogP contribution in [0, 0.1) is 5.92 Å². The molecule has 3 atom stereocenters. The van der Waals surface area contributed by atoms with E-state index >= 15 is 0 Å². The zero-order valence-corrected chi connectivity index (χ0v) is 10.5. The summed E-state index contributed by atoms with van der Waals surface area (Å²) in [6, 6.07) is -0.430. The second kappa shape index (κ2) is 6.59. The lowest BCUT2D eigenvalue weighted by Gasteiger charge is -2.28. The van der Waals surface area contributed by atoms with Crippen molar-refractivity contribution in [1.29, 1.82) is 0 Å². The van der Waals surface area contributed by atoms with Crippen molar-refractivity contribution >= 4 is 11.9 Å². The normalized spacial score (nSPS) is 26.2. The van der Waals surface area contributed by atoms with Gasteiger partial charge < -0.3 is 15.7 Å². The van der Waals surface area contributed by atoms with Crippen LogP contribution >= 0.6 is 0 Å². The van der Waals surface area contributed by atoms with E-state index in [2.05, 4.69) is 17.6 Å². The zero-order valence-electron chi connectivity index (χ0n) is 10.5. The molecule has 17 heavy (non-hydrogen) atoms. The van der Waals surface area contributed by atoms with Crippen LogP contribution in [-0.2, 0) is 9.59 Å². The van der Waals surface area contributed by atoms with Crippen LogP contribution in [0.5, 0.6) is 0 Å². The Morgan fingerprint density at radius 1 is 1.53 bits per heavy atom. The number of amides is 1.